The predicted molar refractivity (Wildman–Crippen MR) is 109 cm³/mol. The van der Waals surface area contributed by atoms with Crippen LogP contribution in [-0.2, 0) is 0 Å². The zero-order valence-corrected chi connectivity index (χ0v) is 15.3. The standard InChI is InChI=1S/C22H17N5O2/c28-22(29)16-8-10-19(11-9-16)25-24-14-18-15-27(20-6-2-1-3-7-20)26-21(18)17-5-4-12-23-13-17/h1-15,25H,(H,28,29)/p-1/b24-14-. The number of carbonyl (C=O) groups excluding carboxylic acids is 1. The van der Waals surface area contributed by atoms with Gasteiger partial charge in [-0.1, -0.05) is 30.3 Å². The smallest absolute Gasteiger partial charge is 0.103 e. The molecule has 0 radical (unpaired) electrons. The SMILES string of the molecule is O=C([O-])c1ccc(N/N=C\c2cn(-c3ccccc3)nc2-c2cccnc2)cc1. The van der Waals surface area contributed by atoms with Crippen LogP contribution in [0.4, 0.5) is 5.69 Å². The van der Waals surface area contributed by atoms with E-state index in [-0.39, 0.29) is 5.56 Å². The molecule has 0 amide bonds. The highest BCUT2D eigenvalue weighted by Crippen LogP contribution is 2.22. The van der Waals surface area contributed by atoms with Crippen molar-refractivity contribution < 1.29 is 9.90 Å². The first-order chi connectivity index (χ1) is 14.2. The first-order valence-corrected chi connectivity index (χ1v) is 8.87. The second kappa shape index (κ2) is 8.18. The van der Waals surface area contributed by atoms with Gasteiger partial charge >= 0.3 is 0 Å². The molecule has 0 aliphatic rings. The van der Waals surface area contributed by atoms with Gasteiger partial charge in [-0.25, -0.2) is 4.68 Å². The predicted octanol–water partition coefficient (Wildman–Crippen LogP) is 2.74. The Morgan fingerprint density at radius 2 is 1.83 bits per heavy atom. The Hall–Kier alpha value is -4.26. The molecule has 4 rings (SSSR count). The Labute approximate surface area is 167 Å². The summed E-state index contributed by atoms with van der Waals surface area (Å²) in [7, 11) is 0. The molecule has 0 aliphatic heterocycles. The van der Waals surface area contributed by atoms with E-state index >= 15 is 0 Å². The van der Waals surface area contributed by atoms with Crippen molar-refractivity contribution >= 4 is 17.9 Å². The Kier molecular flexibility index (Phi) is 5.11. The van der Waals surface area contributed by atoms with Gasteiger partial charge in [-0.05, 0) is 42.0 Å². The zero-order valence-electron chi connectivity index (χ0n) is 15.3. The molecule has 0 atom stereocenters. The fourth-order valence-electron chi connectivity index (χ4n) is 2.78. The van der Waals surface area contributed by atoms with Gasteiger partial charge < -0.3 is 9.90 Å². The molecule has 0 bridgehead atoms. The summed E-state index contributed by atoms with van der Waals surface area (Å²) < 4.78 is 1.79. The molecule has 0 saturated carbocycles. The van der Waals surface area contributed by atoms with Gasteiger partial charge in [0.25, 0.3) is 0 Å². The average Bonchev–Trinajstić information content (AvgIpc) is 3.19. The van der Waals surface area contributed by atoms with Crippen LogP contribution in [0.3, 0.4) is 0 Å². The van der Waals surface area contributed by atoms with E-state index in [2.05, 4.69) is 15.5 Å². The van der Waals surface area contributed by atoms with Gasteiger partial charge in [-0.3, -0.25) is 10.4 Å². The third-order valence-corrected chi connectivity index (χ3v) is 4.22. The average molecular weight is 382 g/mol. The molecule has 2 heterocycles. The fourth-order valence-corrected chi connectivity index (χ4v) is 2.78. The lowest BCUT2D eigenvalue weighted by Gasteiger charge is -2.04. The molecule has 2 aromatic carbocycles. The lowest BCUT2D eigenvalue weighted by molar-refractivity contribution is -0.255. The van der Waals surface area contributed by atoms with Crippen molar-refractivity contribution in [2.24, 2.45) is 5.10 Å². The minimum absolute atomic E-state index is 0.113. The molecule has 7 heteroatoms. The molecular formula is C22H16N5O2-. The quantitative estimate of drug-likeness (QED) is 0.409. The summed E-state index contributed by atoms with van der Waals surface area (Å²) in [5, 5.41) is 19.8. The number of rotatable bonds is 6. The summed E-state index contributed by atoms with van der Waals surface area (Å²) in [5.74, 6) is -1.21. The fraction of sp³-hybridized carbons (Fsp3) is 0. The molecule has 7 nitrogen and oxygen atoms in total. The molecule has 142 valence electrons. The van der Waals surface area contributed by atoms with E-state index in [4.69, 9.17) is 5.10 Å². The molecule has 0 unspecified atom stereocenters. The maximum absolute atomic E-state index is 10.8. The number of benzene rings is 2. The van der Waals surface area contributed by atoms with Crippen molar-refractivity contribution in [1.29, 1.82) is 0 Å². The lowest BCUT2D eigenvalue weighted by atomic mass is 10.1. The number of carbonyl (C=O) groups is 1. The molecule has 0 fully saturated rings. The number of carboxylic acid groups (broad SMARTS) is 1. The van der Waals surface area contributed by atoms with Crippen LogP contribution in [0.5, 0.6) is 0 Å². The van der Waals surface area contributed by atoms with E-state index in [1.165, 1.54) is 12.1 Å². The maximum atomic E-state index is 10.8. The molecule has 0 aliphatic carbocycles. The van der Waals surface area contributed by atoms with Gasteiger partial charge in [0.2, 0.25) is 0 Å². The molecule has 4 aromatic rings. The van der Waals surface area contributed by atoms with E-state index in [1.54, 1.807) is 35.4 Å². The zero-order chi connectivity index (χ0) is 20.1. The molecule has 0 saturated heterocycles. The highest BCUT2D eigenvalue weighted by atomic mass is 16.4. The number of para-hydroxylation sites is 1. The first kappa shape index (κ1) is 18.1. The van der Waals surface area contributed by atoms with Gasteiger partial charge in [0, 0.05) is 29.7 Å². The summed E-state index contributed by atoms with van der Waals surface area (Å²) in [4.78, 5) is 15.0. The van der Waals surface area contributed by atoms with Gasteiger partial charge in [-0.2, -0.15) is 10.2 Å². The number of hydrazone groups is 1. The largest absolute Gasteiger partial charge is 0.545 e. The Morgan fingerprint density at radius 3 is 2.52 bits per heavy atom. The molecule has 1 N–H and O–H groups in total. The van der Waals surface area contributed by atoms with Crippen LogP contribution in [0.15, 0.2) is 90.4 Å². The highest BCUT2D eigenvalue weighted by molar-refractivity contribution is 5.89. The number of nitrogens with one attached hydrogen (secondary N) is 1. The van der Waals surface area contributed by atoms with E-state index < -0.39 is 5.97 Å². The molecular weight excluding hydrogens is 366 g/mol. The van der Waals surface area contributed by atoms with Crippen LogP contribution >= 0.6 is 0 Å². The number of anilines is 1. The number of pyridine rings is 1. The Bertz CT molecular complexity index is 1140. The van der Waals surface area contributed by atoms with Gasteiger partial charge in [-0.15, -0.1) is 0 Å². The monoisotopic (exact) mass is 382 g/mol. The van der Waals surface area contributed by atoms with Gasteiger partial charge in [0.15, 0.2) is 0 Å². The van der Waals surface area contributed by atoms with E-state index in [0.717, 1.165) is 22.5 Å². The third-order valence-electron chi connectivity index (χ3n) is 4.22. The number of aromatic carboxylic acids is 1. The van der Waals surface area contributed by atoms with Crippen LogP contribution in [0.1, 0.15) is 15.9 Å². The molecule has 0 spiro atoms. The van der Waals surface area contributed by atoms with E-state index in [0.29, 0.717) is 5.69 Å². The summed E-state index contributed by atoms with van der Waals surface area (Å²) in [6.07, 6.45) is 7.02. The summed E-state index contributed by atoms with van der Waals surface area (Å²) in [6.45, 7) is 0. The second-order valence-corrected chi connectivity index (χ2v) is 6.19. The van der Waals surface area contributed by atoms with Crippen molar-refractivity contribution in [3.8, 4) is 16.9 Å². The van der Waals surface area contributed by atoms with E-state index in [1.807, 2.05) is 48.7 Å². The van der Waals surface area contributed by atoms with Crippen LogP contribution in [-0.4, -0.2) is 26.9 Å². The van der Waals surface area contributed by atoms with Crippen LogP contribution in [0.25, 0.3) is 16.9 Å². The van der Waals surface area contributed by atoms with Gasteiger partial charge in [0.05, 0.1) is 23.6 Å². The number of hydrogen-bond acceptors (Lipinski definition) is 6. The van der Waals surface area contributed by atoms with Crippen molar-refractivity contribution in [3.63, 3.8) is 0 Å². The number of nitrogens with zero attached hydrogens (tertiary/aromatic N) is 4. The van der Waals surface area contributed by atoms with Crippen LogP contribution in [0.2, 0.25) is 0 Å². The summed E-state index contributed by atoms with van der Waals surface area (Å²) in [6, 6.07) is 19.8. The first-order valence-electron chi connectivity index (χ1n) is 8.87. The van der Waals surface area contributed by atoms with Gasteiger partial charge in [0.1, 0.15) is 5.69 Å². The minimum atomic E-state index is -1.21. The van der Waals surface area contributed by atoms with Crippen molar-refractivity contribution in [2.45, 2.75) is 0 Å². The Morgan fingerprint density at radius 1 is 1.03 bits per heavy atom. The third kappa shape index (κ3) is 4.19. The summed E-state index contributed by atoms with van der Waals surface area (Å²) >= 11 is 0. The van der Waals surface area contributed by atoms with Crippen LogP contribution < -0.4 is 10.5 Å². The number of aromatic nitrogens is 3. The second-order valence-electron chi connectivity index (χ2n) is 6.19. The normalized spacial score (nSPS) is 10.9. The van der Waals surface area contributed by atoms with Crippen LogP contribution in [0, 0.1) is 0 Å². The number of carboxylic acids is 1. The van der Waals surface area contributed by atoms with Crippen molar-refractivity contribution in [3.05, 3.63) is 96.4 Å². The minimum Gasteiger partial charge on any atom is -0.545 e. The summed E-state index contributed by atoms with van der Waals surface area (Å²) in [5.41, 5.74) is 7.03. The maximum Gasteiger partial charge on any atom is 0.103 e. The van der Waals surface area contributed by atoms with Crippen molar-refractivity contribution in [1.82, 2.24) is 14.8 Å². The lowest BCUT2D eigenvalue weighted by Crippen LogP contribution is -2.21. The Balaban J connectivity index is 1.62. The van der Waals surface area contributed by atoms with E-state index in [9.17, 15) is 9.90 Å². The number of hydrogen-bond donors (Lipinski definition) is 1. The topological polar surface area (TPSA) is 95.2 Å². The van der Waals surface area contributed by atoms with Crippen molar-refractivity contribution in [2.75, 3.05) is 5.43 Å². The highest BCUT2D eigenvalue weighted by Gasteiger charge is 2.11. The molecule has 2 aromatic heterocycles. The molecule has 29 heavy (non-hydrogen) atoms.